The van der Waals surface area contributed by atoms with Crippen LogP contribution >= 0.6 is 0 Å². The number of halogens is 3. The first-order valence-electron chi connectivity index (χ1n) is 10.2. The fraction of sp³-hybridized carbons (Fsp3) is 0.455. The number of hydrogen-bond donors (Lipinski definition) is 1. The molecular formula is C22H27F3N2O4S. The molecule has 0 amide bonds. The number of ether oxygens (including phenoxy) is 2. The average Bonchev–Trinajstić information content (AvgIpc) is 2.70. The number of hydrogen-bond acceptors (Lipinski definition) is 5. The van der Waals surface area contributed by atoms with Crippen molar-refractivity contribution in [3.63, 3.8) is 0 Å². The molecule has 0 spiro atoms. The van der Waals surface area contributed by atoms with Gasteiger partial charge in [-0.05, 0) is 44.0 Å². The average molecular weight is 473 g/mol. The van der Waals surface area contributed by atoms with Gasteiger partial charge in [-0.2, -0.15) is 17.9 Å². The summed E-state index contributed by atoms with van der Waals surface area (Å²) in [7, 11) is -4.42. The van der Waals surface area contributed by atoms with Gasteiger partial charge in [0.25, 0.3) is 0 Å². The second-order valence-corrected chi connectivity index (χ2v) is 9.50. The Morgan fingerprint density at radius 1 is 1.09 bits per heavy atom. The fourth-order valence-corrected chi connectivity index (χ4v) is 5.46. The van der Waals surface area contributed by atoms with Crippen LogP contribution in [0, 0.1) is 20.8 Å². The molecule has 10 heteroatoms. The number of morpholine rings is 1. The third kappa shape index (κ3) is 5.93. The number of aryl methyl sites for hydroxylation is 3. The number of benzene rings is 2. The molecule has 32 heavy (non-hydrogen) atoms. The molecule has 1 N–H and O–H groups in total. The first-order chi connectivity index (χ1) is 15.0. The molecule has 1 aliphatic rings. The van der Waals surface area contributed by atoms with Gasteiger partial charge in [-0.15, -0.1) is 0 Å². The summed E-state index contributed by atoms with van der Waals surface area (Å²) in [6.07, 6.45) is -4.83. The SMILES string of the molecule is Cc1cc(C)c(S(=O)(=O)NC(COc2cccc(N3CCOCC3)c2)C(F)(F)F)c(C)c1. The number of anilines is 1. The van der Waals surface area contributed by atoms with E-state index in [4.69, 9.17) is 9.47 Å². The zero-order chi connectivity index (χ0) is 23.5. The lowest BCUT2D eigenvalue weighted by Gasteiger charge is -2.29. The van der Waals surface area contributed by atoms with E-state index in [2.05, 4.69) is 0 Å². The number of nitrogens with zero attached hydrogens (tertiary/aromatic N) is 1. The Hall–Kier alpha value is -2.30. The van der Waals surface area contributed by atoms with Gasteiger partial charge in [0, 0.05) is 24.8 Å². The first-order valence-corrected chi connectivity index (χ1v) is 11.7. The highest BCUT2D eigenvalue weighted by Crippen LogP contribution is 2.27. The van der Waals surface area contributed by atoms with Crippen molar-refractivity contribution < 1.29 is 31.1 Å². The van der Waals surface area contributed by atoms with Crippen molar-refractivity contribution in [2.75, 3.05) is 37.8 Å². The zero-order valence-electron chi connectivity index (χ0n) is 18.2. The first kappa shape index (κ1) is 24.3. The molecule has 176 valence electrons. The number of sulfonamides is 1. The predicted octanol–water partition coefficient (Wildman–Crippen LogP) is 3.74. The smallest absolute Gasteiger partial charge is 0.408 e. The second-order valence-electron chi connectivity index (χ2n) is 7.85. The minimum Gasteiger partial charge on any atom is -0.491 e. The Bertz CT molecular complexity index is 1030. The third-order valence-electron chi connectivity index (χ3n) is 5.18. The Morgan fingerprint density at radius 2 is 1.72 bits per heavy atom. The third-order valence-corrected chi connectivity index (χ3v) is 6.95. The molecule has 0 aliphatic carbocycles. The highest BCUT2D eigenvalue weighted by atomic mass is 32.2. The van der Waals surface area contributed by atoms with Crippen molar-refractivity contribution in [2.45, 2.75) is 37.9 Å². The molecule has 2 aromatic carbocycles. The summed E-state index contributed by atoms with van der Waals surface area (Å²) in [5.74, 6) is 0.227. The quantitative estimate of drug-likeness (QED) is 0.665. The van der Waals surface area contributed by atoms with E-state index < -0.39 is 28.8 Å². The maximum atomic E-state index is 13.7. The van der Waals surface area contributed by atoms with E-state index in [1.165, 1.54) is 0 Å². The maximum Gasteiger partial charge on any atom is 0.408 e. The van der Waals surface area contributed by atoms with E-state index in [-0.39, 0.29) is 10.6 Å². The van der Waals surface area contributed by atoms with E-state index >= 15 is 0 Å². The van der Waals surface area contributed by atoms with Gasteiger partial charge in [-0.1, -0.05) is 23.8 Å². The molecule has 2 aromatic rings. The van der Waals surface area contributed by atoms with Crippen molar-refractivity contribution in [2.24, 2.45) is 0 Å². The molecule has 0 aromatic heterocycles. The van der Waals surface area contributed by atoms with E-state index in [0.29, 0.717) is 37.4 Å². The van der Waals surface area contributed by atoms with Crippen LogP contribution in [0.25, 0.3) is 0 Å². The summed E-state index contributed by atoms with van der Waals surface area (Å²) in [5, 5.41) is 0. The minimum absolute atomic E-state index is 0.147. The van der Waals surface area contributed by atoms with Crippen molar-refractivity contribution in [1.29, 1.82) is 0 Å². The Kier molecular flexibility index (Phi) is 7.36. The molecule has 1 atom stereocenters. The van der Waals surface area contributed by atoms with Gasteiger partial charge >= 0.3 is 6.18 Å². The molecule has 0 bridgehead atoms. The van der Waals surface area contributed by atoms with Gasteiger partial charge in [0.05, 0.1) is 18.1 Å². The van der Waals surface area contributed by atoms with Gasteiger partial charge in [-0.25, -0.2) is 8.42 Å². The van der Waals surface area contributed by atoms with Crippen LogP contribution in [-0.2, 0) is 14.8 Å². The van der Waals surface area contributed by atoms with Crippen LogP contribution in [0.2, 0.25) is 0 Å². The van der Waals surface area contributed by atoms with Crippen LogP contribution in [-0.4, -0.2) is 53.5 Å². The molecule has 1 heterocycles. The van der Waals surface area contributed by atoms with Gasteiger partial charge in [0.2, 0.25) is 10.0 Å². The molecule has 1 fully saturated rings. The minimum atomic E-state index is -4.83. The van der Waals surface area contributed by atoms with E-state index in [0.717, 1.165) is 11.3 Å². The van der Waals surface area contributed by atoms with Crippen molar-refractivity contribution in [3.8, 4) is 5.75 Å². The Labute approximate surface area is 186 Å². The predicted molar refractivity (Wildman–Crippen MR) is 116 cm³/mol. The molecule has 3 rings (SSSR count). The van der Waals surface area contributed by atoms with Gasteiger partial charge in [-0.3, -0.25) is 0 Å². The number of rotatable bonds is 7. The largest absolute Gasteiger partial charge is 0.491 e. The zero-order valence-corrected chi connectivity index (χ0v) is 19.0. The van der Waals surface area contributed by atoms with Crippen molar-refractivity contribution >= 4 is 15.7 Å². The van der Waals surface area contributed by atoms with Crippen LogP contribution in [0.1, 0.15) is 16.7 Å². The molecule has 1 aliphatic heterocycles. The standard InChI is InChI=1S/C22H27F3N2O4S/c1-15-11-16(2)21(17(3)12-15)32(28,29)26-20(22(23,24)25)14-31-19-6-4-5-18(13-19)27-7-9-30-10-8-27/h4-6,11-13,20,26H,7-10,14H2,1-3H3. The van der Waals surface area contributed by atoms with Crippen LogP contribution < -0.4 is 14.4 Å². The summed E-state index contributed by atoms with van der Waals surface area (Å²) in [5.41, 5.74) is 2.40. The van der Waals surface area contributed by atoms with Crippen molar-refractivity contribution in [1.82, 2.24) is 4.72 Å². The fourth-order valence-electron chi connectivity index (χ4n) is 3.80. The van der Waals surface area contributed by atoms with E-state index in [1.54, 1.807) is 55.8 Å². The van der Waals surface area contributed by atoms with Crippen LogP contribution in [0.4, 0.5) is 18.9 Å². The van der Waals surface area contributed by atoms with E-state index in [9.17, 15) is 21.6 Å². The molecule has 1 saturated heterocycles. The Morgan fingerprint density at radius 3 is 2.31 bits per heavy atom. The highest BCUT2D eigenvalue weighted by Gasteiger charge is 2.43. The van der Waals surface area contributed by atoms with Gasteiger partial charge in [0.15, 0.2) is 6.04 Å². The van der Waals surface area contributed by atoms with Crippen LogP contribution in [0.3, 0.4) is 0 Å². The highest BCUT2D eigenvalue weighted by molar-refractivity contribution is 7.89. The lowest BCUT2D eigenvalue weighted by atomic mass is 10.1. The topological polar surface area (TPSA) is 67.9 Å². The summed E-state index contributed by atoms with van der Waals surface area (Å²) in [6.45, 7) is 6.51. The molecule has 0 saturated carbocycles. The van der Waals surface area contributed by atoms with Gasteiger partial charge in [0.1, 0.15) is 12.4 Å². The summed E-state index contributed by atoms with van der Waals surface area (Å²) >= 11 is 0. The number of nitrogens with one attached hydrogen (secondary N) is 1. The van der Waals surface area contributed by atoms with Crippen LogP contribution in [0.15, 0.2) is 41.3 Å². The summed E-state index contributed by atoms with van der Waals surface area (Å²) in [6, 6.07) is 7.55. The van der Waals surface area contributed by atoms with Crippen LogP contribution in [0.5, 0.6) is 5.75 Å². The monoisotopic (exact) mass is 472 g/mol. The molecular weight excluding hydrogens is 445 g/mol. The number of alkyl halides is 3. The molecule has 6 nitrogen and oxygen atoms in total. The van der Waals surface area contributed by atoms with Gasteiger partial charge < -0.3 is 14.4 Å². The molecule has 0 radical (unpaired) electrons. The Balaban J connectivity index is 1.77. The summed E-state index contributed by atoms with van der Waals surface area (Å²) in [4.78, 5) is 1.90. The maximum absolute atomic E-state index is 13.7. The summed E-state index contributed by atoms with van der Waals surface area (Å²) < 4.78 is 79.2. The lowest BCUT2D eigenvalue weighted by molar-refractivity contribution is -0.157. The van der Waals surface area contributed by atoms with Crippen molar-refractivity contribution in [3.05, 3.63) is 53.1 Å². The van der Waals surface area contributed by atoms with E-state index in [1.807, 2.05) is 11.0 Å². The molecule has 1 unspecified atom stereocenters. The second kappa shape index (κ2) is 9.68. The lowest BCUT2D eigenvalue weighted by Crippen LogP contribution is -2.49. The normalized spacial score (nSPS) is 16.1.